The van der Waals surface area contributed by atoms with Crippen molar-refractivity contribution in [3.8, 4) is 0 Å². The van der Waals surface area contributed by atoms with E-state index in [4.69, 9.17) is 11.6 Å². The Morgan fingerprint density at radius 2 is 1.60 bits per heavy atom. The summed E-state index contributed by atoms with van der Waals surface area (Å²) < 4.78 is 27.0. The van der Waals surface area contributed by atoms with Gasteiger partial charge in [0.2, 0.25) is 0 Å². The Kier molecular flexibility index (Phi) is 5.10. The zero-order chi connectivity index (χ0) is 21.4. The van der Waals surface area contributed by atoms with Crippen LogP contribution in [0.5, 0.6) is 0 Å². The first-order valence-electron chi connectivity index (χ1n) is 9.04. The van der Waals surface area contributed by atoms with Crippen LogP contribution in [0, 0.1) is 18.6 Å². The molecule has 0 atom stereocenters. The zero-order valence-electron chi connectivity index (χ0n) is 15.7. The molecule has 4 rings (SSSR count). The number of benzene rings is 3. The lowest BCUT2D eigenvalue weighted by Crippen LogP contribution is -2.33. The SMILES string of the molecule is Cc1c(Cl)cccc1N1C(=O)C(Nc2ccc(F)c(F)c2)=C(c2ccccc2)C1=O. The lowest BCUT2D eigenvalue weighted by atomic mass is 10.0. The monoisotopic (exact) mass is 424 g/mol. The standard InChI is InChI=1S/C23H15ClF2N2O2/c1-13-16(24)8-5-9-19(13)28-22(29)20(14-6-3-2-4-7-14)21(23(28)30)27-15-10-11-17(25)18(26)12-15/h2-12,27H,1H3. The van der Waals surface area contributed by atoms with Gasteiger partial charge in [0.15, 0.2) is 11.6 Å². The van der Waals surface area contributed by atoms with Crippen molar-refractivity contribution in [2.75, 3.05) is 10.2 Å². The molecular formula is C23H15ClF2N2O2. The molecule has 0 bridgehead atoms. The molecule has 2 amide bonds. The Morgan fingerprint density at radius 1 is 0.867 bits per heavy atom. The van der Waals surface area contributed by atoms with Gasteiger partial charge >= 0.3 is 0 Å². The molecule has 3 aromatic carbocycles. The van der Waals surface area contributed by atoms with E-state index in [0.717, 1.165) is 17.0 Å². The third kappa shape index (κ3) is 3.35. The van der Waals surface area contributed by atoms with Crippen LogP contribution in [0.25, 0.3) is 5.57 Å². The van der Waals surface area contributed by atoms with Gasteiger partial charge in [-0.05, 0) is 42.3 Å². The van der Waals surface area contributed by atoms with Gasteiger partial charge in [0, 0.05) is 16.8 Å². The van der Waals surface area contributed by atoms with Crippen LogP contribution in [0.4, 0.5) is 20.2 Å². The zero-order valence-corrected chi connectivity index (χ0v) is 16.5. The lowest BCUT2D eigenvalue weighted by Gasteiger charge is -2.18. The highest BCUT2D eigenvalue weighted by Crippen LogP contribution is 2.36. The summed E-state index contributed by atoms with van der Waals surface area (Å²) in [7, 11) is 0. The van der Waals surface area contributed by atoms with E-state index in [1.54, 1.807) is 55.5 Å². The van der Waals surface area contributed by atoms with Crippen LogP contribution in [0.3, 0.4) is 0 Å². The molecule has 1 aliphatic heterocycles. The number of hydrogen-bond acceptors (Lipinski definition) is 3. The van der Waals surface area contributed by atoms with Crippen LogP contribution in [-0.4, -0.2) is 11.8 Å². The fourth-order valence-corrected chi connectivity index (χ4v) is 3.46. The van der Waals surface area contributed by atoms with Gasteiger partial charge in [-0.1, -0.05) is 48.0 Å². The largest absolute Gasteiger partial charge is 0.350 e. The predicted octanol–water partition coefficient (Wildman–Crippen LogP) is 5.32. The molecule has 3 aromatic rings. The third-order valence-electron chi connectivity index (χ3n) is 4.82. The van der Waals surface area contributed by atoms with Crippen LogP contribution in [0.2, 0.25) is 5.02 Å². The Balaban J connectivity index is 1.85. The van der Waals surface area contributed by atoms with Crippen LogP contribution in [0.15, 0.2) is 72.4 Å². The maximum atomic E-state index is 13.7. The number of nitrogens with one attached hydrogen (secondary N) is 1. The van der Waals surface area contributed by atoms with Crippen molar-refractivity contribution < 1.29 is 18.4 Å². The highest BCUT2D eigenvalue weighted by molar-refractivity contribution is 6.46. The van der Waals surface area contributed by atoms with E-state index in [-0.39, 0.29) is 17.0 Å². The van der Waals surface area contributed by atoms with Crippen LogP contribution >= 0.6 is 11.6 Å². The Hall–Kier alpha value is -3.51. The molecule has 0 saturated heterocycles. The smallest absolute Gasteiger partial charge is 0.282 e. The normalized spacial score (nSPS) is 13.9. The van der Waals surface area contributed by atoms with Crippen molar-refractivity contribution in [3.05, 3.63) is 100 Å². The molecule has 4 nitrogen and oxygen atoms in total. The van der Waals surface area contributed by atoms with Gasteiger partial charge in [-0.15, -0.1) is 0 Å². The Labute approximate surface area is 176 Å². The summed E-state index contributed by atoms with van der Waals surface area (Å²) in [6, 6.07) is 16.8. The van der Waals surface area contributed by atoms with E-state index in [1.165, 1.54) is 6.07 Å². The second kappa shape index (κ2) is 7.72. The number of amides is 2. The maximum Gasteiger partial charge on any atom is 0.282 e. The lowest BCUT2D eigenvalue weighted by molar-refractivity contribution is -0.120. The number of imide groups is 1. The second-order valence-corrected chi connectivity index (χ2v) is 7.11. The topological polar surface area (TPSA) is 49.4 Å². The quantitative estimate of drug-likeness (QED) is 0.576. The second-order valence-electron chi connectivity index (χ2n) is 6.70. The molecule has 0 fully saturated rings. The number of carbonyl (C=O) groups is 2. The molecule has 0 saturated carbocycles. The third-order valence-corrected chi connectivity index (χ3v) is 5.22. The van der Waals surface area contributed by atoms with Crippen molar-refractivity contribution in [2.45, 2.75) is 6.92 Å². The van der Waals surface area contributed by atoms with Crippen LogP contribution < -0.4 is 10.2 Å². The fraction of sp³-hybridized carbons (Fsp3) is 0.0435. The summed E-state index contributed by atoms with van der Waals surface area (Å²) in [5.41, 5.74) is 1.68. The molecule has 1 heterocycles. The molecule has 1 N–H and O–H groups in total. The first-order chi connectivity index (χ1) is 14.4. The Bertz CT molecular complexity index is 1210. The predicted molar refractivity (Wildman–Crippen MR) is 112 cm³/mol. The number of carbonyl (C=O) groups excluding carboxylic acids is 2. The summed E-state index contributed by atoms with van der Waals surface area (Å²) in [6.45, 7) is 1.71. The molecule has 0 spiro atoms. The summed E-state index contributed by atoms with van der Waals surface area (Å²) in [5, 5.41) is 3.21. The minimum absolute atomic E-state index is 0.0309. The molecule has 1 aliphatic rings. The van der Waals surface area contributed by atoms with Gasteiger partial charge in [-0.3, -0.25) is 9.59 Å². The van der Waals surface area contributed by atoms with E-state index in [1.807, 2.05) is 0 Å². The first kappa shape index (κ1) is 19.8. The van der Waals surface area contributed by atoms with Gasteiger partial charge in [0.25, 0.3) is 11.8 Å². The summed E-state index contributed by atoms with van der Waals surface area (Å²) >= 11 is 6.18. The van der Waals surface area contributed by atoms with Crippen LogP contribution in [-0.2, 0) is 9.59 Å². The summed E-state index contributed by atoms with van der Waals surface area (Å²) in [6.07, 6.45) is 0. The molecule has 150 valence electrons. The van der Waals surface area contributed by atoms with E-state index in [0.29, 0.717) is 21.8 Å². The number of hydrogen-bond donors (Lipinski definition) is 1. The highest BCUT2D eigenvalue weighted by Gasteiger charge is 2.41. The van der Waals surface area contributed by atoms with Gasteiger partial charge in [-0.2, -0.15) is 0 Å². The number of rotatable bonds is 4. The highest BCUT2D eigenvalue weighted by atomic mass is 35.5. The molecule has 0 unspecified atom stereocenters. The average molecular weight is 425 g/mol. The van der Waals surface area contributed by atoms with E-state index < -0.39 is 23.4 Å². The maximum absolute atomic E-state index is 13.7. The molecule has 30 heavy (non-hydrogen) atoms. The van der Waals surface area contributed by atoms with Crippen LogP contribution in [0.1, 0.15) is 11.1 Å². The van der Waals surface area contributed by atoms with Gasteiger partial charge < -0.3 is 5.32 Å². The molecular weight excluding hydrogens is 410 g/mol. The van der Waals surface area contributed by atoms with Crippen molar-refractivity contribution in [2.24, 2.45) is 0 Å². The number of anilines is 2. The molecule has 0 aliphatic carbocycles. The van der Waals surface area contributed by atoms with Gasteiger partial charge in [0.05, 0.1) is 11.3 Å². The van der Waals surface area contributed by atoms with Gasteiger partial charge in [-0.25, -0.2) is 13.7 Å². The van der Waals surface area contributed by atoms with Crippen molar-refractivity contribution in [3.63, 3.8) is 0 Å². The van der Waals surface area contributed by atoms with E-state index in [9.17, 15) is 18.4 Å². The minimum Gasteiger partial charge on any atom is -0.350 e. The molecule has 0 aromatic heterocycles. The minimum atomic E-state index is -1.07. The number of halogens is 3. The molecule has 7 heteroatoms. The summed E-state index contributed by atoms with van der Waals surface area (Å²) in [4.78, 5) is 27.7. The van der Waals surface area contributed by atoms with Crippen molar-refractivity contribution in [1.29, 1.82) is 0 Å². The van der Waals surface area contributed by atoms with Gasteiger partial charge in [0.1, 0.15) is 5.70 Å². The van der Waals surface area contributed by atoms with Crippen molar-refractivity contribution >= 4 is 40.4 Å². The Morgan fingerprint density at radius 3 is 2.30 bits per heavy atom. The number of nitrogens with zero attached hydrogens (tertiary/aromatic N) is 1. The van der Waals surface area contributed by atoms with Crippen molar-refractivity contribution in [1.82, 2.24) is 0 Å². The summed E-state index contributed by atoms with van der Waals surface area (Å²) in [5.74, 6) is -3.24. The average Bonchev–Trinajstić information content (AvgIpc) is 2.97. The first-order valence-corrected chi connectivity index (χ1v) is 9.42. The van der Waals surface area contributed by atoms with E-state index in [2.05, 4.69) is 5.32 Å². The fourth-order valence-electron chi connectivity index (χ4n) is 3.29. The molecule has 0 radical (unpaired) electrons. The van der Waals surface area contributed by atoms with E-state index >= 15 is 0 Å².